The van der Waals surface area contributed by atoms with E-state index in [-0.39, 0.29) is 0 Å². The molecule has 2 nitrogen and oxygen atoms in total. The van der Waals surface area contributed by atoms with E-state index in [2.05, 4.69) is 47.6 Å². The van der Waals surface area contributed by atoms with E-state index in [1.54, 1.807) is 4.88 Å². The predicted molar refractivity (Wildman–Crippen MR) is 92.5 cm³/mol. The smallest absolute Gasteiger partial charge is 0.0440 e. The van der Waals surface area contributed by atoms with Crippen molar-refractivity contribution in [2.75, 3.05) is 11.4 Å². The van der Waals surface area contributed by atoms with Gasteiger partial charge in [0, 0.05) is 41.3 Å². The molecule has 4 heteroatoms. The lowest BCUT2D eigenvalue weighted by Crippen LogP contribution is -2.31. The second-order valence-corrected chi connectivity index (χ2v) is 7.29. The number of halogens is 1. The van der Waals surface area contributed by atoms with E-state index in [1.165, 1.54) is 16.8 Å². The number of nitrogens with one attached hydrogen (secondary N) is 1. The first kappa shape index (κ1) is 14.9. The van der Waals surface area contributed by atoms with Gasteiger partial charge in [0.2, 0.25) is 0 Å². The molecule has 0 amide bonds. The first-order valence-corrected chi connectivity index (χ1v) is 8.71. The van der Waals surface area contributed by atoms with Gasteiger partial charge in [0.25, 0.3) is 0 Å². The van der Waals surface area contributed by atoms with Crippen LogP contribution >= 0.6 is 22.9 Å². The number of thiophene rings is 1. The Kier molecular flexibility index (Phi) is 4.53. The molecular formula is C17H21ClN2S. The monoisotopic (exact) mass is 320 g/mol. The van der Waals surface area contributed by atoms with Crippen molar-refractivity contribution >= 4 is 28.6 Å². The van der Waals surface area contributed by atoms with Crippen LogP contribution in [0.25, 0.3) is 0 Å². The van der Waals surface area contributed by atoms with Gasteiger partial charge in [-0.15, -0.1) is 11.3 Å². The maximum absolute atomic E-state index is 6.19. The maximum atomic E-state index is 6.19. The lowest BCUT2D eigenvalue weighted by atomic mass is 10.1. The number of rotatable bonds is 4. The summed E-state index contributed by atoms with van der Waals surface area (Å²) < 4.78 is 0. The van der Waals surface area contributed by atoms with E-state index in [1.807, 2.05) is 17.4 Å². The summed E-state index contributed by atoms with van der Waals surface area (Å²) in [6.07, 6.45) is 1.15. The van der Waals surface area contributed by atoms with Crippen molar-refractivity contribution in [3.8, 4) is 0 Å². The van der Waals surface area contributed by atoms with Gasteiger partial charge in [-0.05, 0) is 47.2 Å². The van der Waals surface area contributed by atoms with Crippen LogP contribution in [0.5, 0.6) is 0 Å². The molecule has 0 saturated carbocycles. The van der Waals surface area contributed by atoms with Gasteiger partial charge in [-0.3, -0.25) is 0 Å². The Morgan fingerprint density at radius 3 is 3.00 bits per heavy atom. The lowest BCUT2D eigenvalue weighted by molar-refractivity contribution is 0.587. The summed E-state index contributed by atoms with van der Waals surface area (Å²) >= 11 is 8.07. The number of hydrogen-bond donors (Lipinski definition) is 1. The normalized spacial score (nSPS) is 14.6. The van der Waals surface area contributed by atoms with Crippen molar-refractivity contribution in [3.05, 3.63) is 50.7 Å². The zero-order valence-electron chi connectivity index (χ0n) is 12.5. The van der Waals surface area contributed by atoms with Crippen molar-refractivity contribution in [3.63, 3.8) is 0 Å². The third-order valence-electron chi connectivity index (χ3n) is 3.89. The SMILES string of the molecule is CC(C)NCc1cc(Cl)ccc1N1CCc2sccc2C1. The molecule has 0 saturated heterocycles. The van der Waals surface area contributed by atoms with Gasteiger partial charge >= 0.3 is 0 Å². The minimum absolute atomic E-state index is 0.474. The molecule has 0 bridgehead atoms. The molecule has 112 valence electrons. The number of fused-ring (bicyclic) bond motifs is 1. The predicted octanol–water partition coefficient (Wildman–Crippen LogP) is 4.46. The standard InChI is InChI=1S/C17H21ClN2S/c1-12(2)19-10-14-9-15(18)3-4-16(14)20-7-5-17-13(11-20)6-8-21-17/h3-4,6,8-9,12,19H,5,7,10-11H2,1-2H3. The van der Waals surface area contributed by atoms with Gasteiger partial charge in [-0.2, -0.15) is 0 Å². The lowest BCUT2D eigenvalue weighted by Gasteiger charge is -2.31. The minimum Gasteiger partial charge on any atom is -0.367 e. The summed E-state index contributed by atoms with van der Waals surface area (Å²) in [5.74, 6) is 0. The number of hydrogen-bond acceptors (Lipinski definition) is 3. The van der Waals surface area contributed by atoms with E-state index in [0.29, 0.717) is 6.04 Å². The second kappa shape index (κ2) is 6.39. The van der Waals surface area contributed by atoms with Crippen LogP contribution in [0.2, 0.25) is 5.02 Å². The summed E-state index contributed by atoms with van der Waals surface area (Å²) in [7, 11) is 0. The van der Waals surface area contributed by atoms with Crippen molar-refractivity contribution < 1.29 is 0 Å². The zero-order valence-corrected chi connectivity index (χ0v) is 14.1. The highest BCUT2D eigenvalue weighted by Crippen LogP contribution is 2.31. The van der Waals surface area contributed by atoms with Crippen LogP contribution in [0.1, 0.15) is 29.9 Å². The molecule has 21 heavy (non-hydrogen) atoms. The van der Waals surface area contributed by atoms with Gasteiger partial charge in [0.05, 0.1) is 0 Å². The third kappa shape index (κ3) is 3.42. The Labute approximate surface area is 135 Å². The number of benzene rings is 1. The van der Waals surface area contributed by atoms with E-state index < -0.39 is 0 Å². The fourth-order valence-corrected chi connectivity index (χ4v) is 3.86. The zero-order chi connectivity index (χ0) is 14.8. The van der Waals surface area contributed by atoms with Crippen molar-refractivity contribution in [1.82, 2.24) is 5.32 Å². The van der Waals surface area contributed by atoms with Crippen LogP contribution in [0, 0.1) is 0 Å². The average Bonchev–Trinajstić information content (AvgIpc) is 2.92. The van der Waals surface area contributed by atoms with Gasteiger partial charge in [0.1, 0.15) is 0 Å². The van der Waals surface area contributed by atoms with Crippen LogP contribution in [0.3, 0.4) is 0 Å². The maximum Gasteiger partial charge on any atom is 0.0440 e. The summed E-state index contributed by atoms with van der Waals surface area (Å²) in [5, 5.41) is 6.52. The average molecular weight is 321 g/mol. The minimum atomic E-state index is 0.474. The van der Waals surface area contributed by atoms with Crippen LogP contribution in [-0.4, -0.2) is 12.6 Å². The van der Waals surface area contributed by atoms with Crippen molar-refractivity contribution in [2.24, 2.45) is 0 Å². The molecule has 1 aliphatic heterocycles. The van der Waals surface area contributed by atoms with Crippen LogP contribution in [0.4, 0.5) is 5.69 Å². The topological polar surface area (TPSA) is 15.3 Å². The molecule has 0 aliphatic carbocycles. The Morgan fingerprint density at radius 1 is 1.33 bits per heavy atom. The molecule has 2 heterocycles. The largest absolute Gasteiger partial charge is 0.367 e. The molecule has 1 N–H and O–H groups in total. The fraction of sp³-hybridized carbons (Fsp3) is 0.412. The highest BCUT2D eigenvalue weighted by atomic mass is 35.5. The van der Waals surface area contributed by atoms with Gasteiger partial charge in [0.15, 0.2) is 0 Å². The summed E-state index contributed by atoms with van der Waals surface area (Å²) in [6.45, 7) is 7.30. The summed E-state index contributed by atoms with van der Waals surface area (Å²) in [6, 6.07) is 8.99. The molecule has 0 unspecified atom stereocenters. The highest BCUT2D eigenvalue weighted by Gasteiger charge is 2.19. The quantitative estimate of drug-likeness (QED) is 0.894. The molecule has 0 fully saturated rings. The molecule has 1 aromatic heterocycles. The van der Waals surface area contributed by atoms with E-state index in [0.717, 1.165) is 31.1 Å². The summed E-state index contributed by atoms with van der Waals surface area (Å²) in [4.78, 5) is 4.02. The van der Waals surface area contributed by atoms with Crippen LogP contribution < -0.4 is 10.2 Å². The highest BCUT2D eigenvalue weighted by molar-refractivity contribution is 7.10. The molecule has 1 aliphatic rings. The number of nitrogens with zero attached hydrogens (tertiary/aromatic N) is 1. The molecule has 0 atom stereocenters. The number of anilines is 1. The Morgan fingerprint density at radius 2 is 2.19 bits per heavy atom. The molecular weight excluding hydrogens is 300 g/mol. The second-order valence-electron chi connectivity index (χ2n) is 5.85. The van der Waals surface area contributed by atoms with Gasteiger partial charge in [-0.1, -0.05) is 25.4 Å². The summed E-state index contributed by atoms with van der Waals surface area (Å²) in [5.41, 5.74) is 4.07. The first-order valence-electron chi connectivity index (χ1n) is 7.45. The van der Waals surface area contributed by atoms with Crippen LogP contribution in [-0.2, 0) is 19.5 Å². The van der Waals surface area contributed by atoms with Gasteiger partial charge < -0.3 is 10.2 Å². The van der Waals surface area contributed by atoms with Crippen LogP contribution in [0.15, 0.2) is 29.6 Å². The Hall–Kier alpha value is -1.03. The van der Waals surface area contributed by atoms with E-state index in [9.17, 15) is 0 Å². The Bertz CT molecular complexity index is 621. The molecule has 0 spiro atoms. The van der Waals surface area contributed by atoms with Crippen molar-refractivity contribution in [2.45, 2.75) is 39.4 Å². The van der Waals surface area contributed by atoms with Crippen molar-refractivity contribution in [1.29, 1.82) is 0 Å². The first-order chi connectivity index (χ1) is 10.1. The van der Waals surface area contributed by atoms with Gasteiger partial charge in [-0.25, -0.2) is 0 Å². The third-order valence-corrected chi connectivity index (χ3v) is 5.15. The molecule has 3 rings (SSSR count). The molecule has 0 radical (unpaired) electrons. The Balaban J connectivity index is 1.84. The molecule has 1 aromatic carbocycles. The van der Waals surface area contributed by atoms with E-state index >= 15 is 0 Å². The fourth-order valence-electron chi connectivity index (χ4n) is 2.77. The molecule has 2 aromatic rings. The van der Waals surface area contributed by atoms with E-state index in [4.69, 9.17) is 11.6 Å².